The van der Waals surface area contributed by atoms with Gasteiger partial charge in [-0.25, -0.2) is 0 Å². The van der Waals surface area contributed by atoms with E-state index in [1.165, 1.54) is 75.5 Å². The quantitative estimate of drug-likeness (QED) is 0.114. The van der Waals surface area contributed by atoms with Gasteiger partial charge >= 0.3 is 0 Å². The fourth-order valence-electron chi connectivity index (χ4n) is 9.47. The fraction of sp³-hybridized carbons (Fsp3) is 0. The molecule has 0 saturated heterocycles. The maximum atomic E-state index is 2.50. The molecule has 0 unspecified atom stereocenters. The van der Waals surface area contributed by atoms with E-state index in [9.17, 15) is 0 Å². The number of aromatic nitrogens is 2. The minimum absolute atomic E-state index is 1.15. The molecular weight excluding hydrogens is 705 g/mol. The van der Waals surface area contributed by atoms with Crippen LogP contribution in [-0.2, 0) is 0 Å². The lowest BCUT2D eigenvalue weighted by atomic mass is 10.1. The van der Waals surface area contributed by atoms with Crippen molar-refractivity contribution in [3.05, 3.63) is 231 Å². The lowest BCUT2D eigenvalue weighted by molar-refractivity contribution is 1.17. The molecule has 0 radical (unpaired) electrons. The first-order valence-electron chi connectivity index (χ1n) is 19.7. The van der Waals surface area contributed by atoms with Crippen LogP contribution in [0.25, 0.3) is 66.1 Å². The summed E-state index contributed by atoms with van der Waals surface area (Å²) in [5.74, 6) is 0. The molecule has 0 N–H and O–H groups in total. The van der Waals surface area contributed by atoms with Gasteiger partial charge in [-0.2, -0.15) is 0 Å². The maximum Gasteiger partial charge on any atom is 0.180 e. The second-order valence-corrected chi connectivity index (χ2v) is 18.6. The van der Waals surface area contributed by atoms with Gasteiger partial charge in [-0.15, -0.1) is 0 Å². The molecule has 0 fully saturated rings. The molecule has 11 rings (SSSR count). The van der Waals surface area contributed by atoms with E-state index in [1.54, 1.807) is 0 Å². The highest BCUT2D eigenvalue weighted by Gasteiger charge is 2.43. The van der Waals surface area contributed by atoms with Crippen molar-refractivity contribution in [1.82, 2.24) is 9.13 Å². The van der Waals surface area contributed by atoms with Crippen molar-refractivity contribution in [1.29, 1.82) is 0 Å². The lowest BCUT2D eigenvalue weighted by Crippen LogP contribution is -2.74. The van der Waals surface area contributed by atoms with Crippen LogP contribution in [0.5, 0.6) is 0 Å². The predicted octanol–water partition coefficient (Wildman–Crippen LogP) is 10.9. The highest BCUT2D eigenvalue weighted by molar-refractivity contribution is 7.20. The van der Waals surface area contributed by atoms with Crippen molar-refractivity contribution in [3.63, 3.8) is 0 Å². The van der Waals surface area contributed by atoms with Crippen LogP contribution in [-0.4, -0.2) is 17.2 Å². The predicted molar refractivity (Wildman–Crippen MR) is 244 cm³/mol. The Kier molecular flexibility index (Phi) is 7.87. The van der Waals surface area contributed by atoms with E-state index >= 15 is 0 Å². The molecule has 0 aliphatic carbocycles. The molecule has 0 aliphatic heterocycles. The van der Waals surface area contributed by atoms with Gasteiger partial charge in [0.1, 0.15) is 0 Å². The number of hydrogen-bond acceptors (Lipinski definition) is 0. The van der Waals surface area contributed by atoms with Crippen LogP contribution in [0.3, 0.4) is 0 Å². The maximum absolute atomic E-state index is 2.83. The second-order valence-electron chi connectivity index (χ2n) is 14.9. The average Bonchev–Trinajstić information content (AvgIpc) is 3.81. The molecule has 0 atom stereocenters. The first kappa shape index (κ1) is 33.2. The van der Waals surface area contributed by atoms with Crippen molar-refractivity contribution < 1.29 is 0 Å². The topological polar surface area (TPSA) is 9.86 Å². The van der Waals surface area contributed by atoms with Crippen LogP contribution < -0.4 is 20.7 Å². The third-order valence-corrected chi connectivity index (χ3v) is 16.7. The molecule has 0 amide bonds. The monoisotopic (exact) mass is 742 g/mol. The van der Waals surface area contributed by atoms with Crippen LogP contribution in [0, 0.1) is 0 Å². The number of fused-ring (bicyclic) bond motifs is 6. The Balaban J connectivity index is 1.19. The van der Waals surface area contributed by atoms with Gasteiger partial charge in [0, 0.05) is 32.9 Å². The smallest absolute Gasteiger partial charge is 0.180 e. The van der Waals surface area contributed by atoms with Gasteiger partial charge in [-0.1, -0.05) is 182 Å². The lowest BCUT2D eigenvalue weighted by Gasteiger charge is -2.35. The first-order chi connectivity index (χ1) is 28.3. The third kappa shape index (κ3) is 5.17. The molecule has 2 nitrogen and oxygen atoms in total. The Labute approximate surface area is 333 Å². The van der Waals surface area contributed by atoms with Crippen molar-refractivity contribution in [2.45, 2.75) is 0 Å². The largest absolute Gasteiger partial charge is 0.309 e. The minimum atomic E-state index is -2.83. The summed E-state index contributed by atoms with van der Waals surface area (Å²) in [6, 6.07) is 85.2. The molecule has 0 saturated carbocycles. The summed E-state index contributed by atoms with van der Waals surface area (Å²) in [4.78, 5) is 0. The molecule has 268 valence electrons. The van der Waals surface area contributed by atoms with Gasteiger partial charge in [-0.3, -0.25) is 0 Å². The van der Waals surface area contributed by atoms with Gasteiger partial charge in [-0.05, 0) is 80.4 Å². The summed E-state index contributed by atoms with van der Waals surface area (Å²) in [6.07, 6.45) is 0. The summed E-state index contributed by atoms with van der Waals surface area (Å²) in [6.45, 7) is 0. The van der Waals surface area contributed by atoms with Crippen molar-refractivity contribution in [3.8, 4) is 22.5 Å². The third-order valence-electron chi connectivity index (χ3n) is 11.8. The van der Waals surface area contributed by atoms with Crippen molar-refractivity contribution in [2.75, 3.05) is 0 Å². The van der Waals surface area contributed by atoms with E-state index in [1.807, 2.05) is 0 Å². The SMILES string of the molecule is c1ccc(-c2cccc(-n3c4ccccc4c4cc(-n5c6ccccc6c6c([Si](c7ccccc7)(c7ccccc7)c7ccccc7)cccc65)ccc43)c2)cc1. The number of para-hydroxylation sites is 2. The van der Waals surface area contributed by atoms with Crippen LogP contribution >= 0.6 is 0 Å². The van der Waals surface area contributed by atoms with Crippen LogP contribution in [0.15, 0.2) is 231 Å². The van der Waals surface area contributed by atoms with E-state index in [4.69, 9.17) is 0 Å². The summed E-state index contributed by atoms with van der Waals surface area (Å²) in [7, 11) is -2.83. The molecule has 0 spiro atoms. The molecular formula is C54H38N2Si. The fourth-order valence-corrected chi connectivity index (χ4v) is 14.5. The summed E-state index contributed by atoms with van der Waals surface area (Å²) in [5, 5.41) is 10.6. The number of nitrogens with zero attached hydrogens (tertiary/aromatic N) is 2. The van der Waals surface area contributed by atoms with Gasteiger partial charge in [0.25, 0.3) is 0 Å². The molecule has 9 aromatic carbocycles. The van der Waals surface area contributed by atoms with E-state index in [-0.39, 0.29) is 0 Å². The van der Waals surface area contributed by atoms with Gasteiger partial charge in [0.2, 0.25) is 0 Å². The van der Waals surface area contributed by atoms with E-state index < -0.39 is 8.07 Å². The second kappa shape index (κ2) is 13.5. The summed E-state index contributed by atoms with van der Waals surface area (Å²) < 4.78 is 4.92. The van der Waals surface area contributed by atoms with E-state index in [2.05, 4.69) is 240 Å². The van der Waals surface area contributed by atoms with Gasteiger partial charge in [0.15, 0.2) is 8.07 Å². The normalized spacial score (nSPS) is 11.9. The Hall–Kier alpha value is -7.20. The Morgan fingerprint density at radius 2 is 0.737 bits per heavy atom. The van der Waals surface area contributed by atoms with Gasteiger partial charge in [0.05, 0.1) is 22.1 Å². The van der Waals surface area contributed by atoms with E-state index in [0.29, 0.717) is 0 Å². The number of rotatable bonds is 7. The van der Waals surface area contributed by atoms with Crippen molar-refractivity contribution in [2.24, 2.45) is 0 Å². The highest BCUT2D eigenvalue weighted by atomic mass is 28.3. The summed E-state index contributed by atoms with van der Waals surface area (Å²) in [5.41, 5.74) is 9.53. The Bertz CT molecular complexity index is 3120. The van der Waals surface area contributed by atoms with Gasteiger partial charge < -0.3 is 9.13 Å². The zero-order chi connectivity index (χ0) is 37.8. The molecule has 11 aromatic rings. The summed E-state index contributed by atoms with van der Waals surface area (Å²) >= 11 is 0. The zero-order valence-corrected chi connectivity index (χ0v) is 32.3. The first-order valence-corrected chi connectivity index (χ1v) is 21.7. The van der Waals surface area contributed by atoms with Crippen LogP contribution in [0.1, 0.15) is 0 Å². The zero-order valence-electron chi connectivity index (χ0n) is 31.3. The van der Waals surface area contributed by atoms with Crippen molar-refractivity contribution >= 4 is 72.4 Å². The molecule has 3 heteroatoms. The van der Waals surface area contributed by atoms with Crippen LogP contribution in [0.4, 0.5) is 0 Å². The minimum Gasteiger partial charge on any atom is -0.309 e. The molecule has 57 heavy (non-hydrogen) atoms. The number of benzene rings is 9. The highest BCUT2D eigenvalue weighted by Crippen LogP contribution is 2.37. The molecule has 2 aromatic heterocycles. The van der Waals surface area contributed by atoms with E-state index in [0.717, 1.165) is 11.4 Å². The molecule has 0 aliphatic rings. The molecule has 2 heterocycles. The molecule has 0 bridgehead atoms. The van der Waals surface area contributed by atoms with Crippen LogP contribution in [0.2, 0.25) is 0 Å². The standard InChI is InChI=1S/C54H38N2Si/c1-5-19-39(20-6-1)40-21-17-22-41(37-40)55-49-31-15-13-29-46(49)48-38-42(35-36-51(48)55)56-50-32-16-14-30-47(50)54-52(56)33-18-34-53(54)57(43-23-7-2-8-24-43,44-25-9-3-10-26-44)45-27-11-4-12-28-45/h1-38H. The Morgan fingerprint density at radius 1 is 0.281 bits per heavy atom. The number of hydrogen-bond donors (Lipinski definition) is 0. The Morgan fingerprint density at radius 3 is 1.39 bits per heavy atom. The average molecular weight is 743 g/mol.